The Morgan fingerprint density at radius 1 is 1.10 bits per heavy atom. The summed E-state index contributed by atoms with van der Waals surface area (Å²) in [7, 11) is 0. The van der Waals surface area contributed by atoms with E-state index in [2.05, 4.69) is 59.4 Å². The van der Waals surface area contributed by atoms with Gasteiger partial charge in [0, 0.05) is 15.9 Å². The van der Waals surface area contributed by atoms with Crippen LogP contribution in [0.2, 0.25) is 5.02 Å². The number of hydrogen-bond acceptors (Lipinski definition) is 2. The Labute approximate surface area is 144 Å². The first kappa shape index (κ1) is 17.0. The molecule has 0 aliphatic rings. The SMILES string of the molecule is CC(C)NCC(Cc1ccc(Cl)cc1)Cc1ccc(Br)s1. The minimum Gasteiger partial charge on any atom is -0.314 e. The van der Waals surface area contributed by atoms with Crippen molar-refractivity contribution < 1.29 is 0 Å². The van der Waals surface area contributed by atoms with Gasteiger partial charge in [-0.05, 0) is 71.1 Å². The zero-order chi connectivity index (χ0) is 15.2. The summed E-state index contributed by atoms with van der Waals surface area (Å²) >= 11 is 11.3. The van der Waals surface area contributed by atoms with Crippen molar-refractivity contribution in [1.82, 2.24) is 5.32 Å². The molecule has 1 nitrogen and oxygen atoms in total. The minimum absolute atomic E-state index is 0.521. The summed E-state index contributed by atoms with van der Waals surface area (Å²) in [5, 5.41) is 4.37. The van der Waals surface area contributed by atoms with Gasteiger partial charge in [0.25, 0.3) is 0 Å². The summed E-state index contributed by atoms with van der Waals surface area (Å²) in [4.78, 5) is 1.44. The first-order valence-electron chi connectivity index (χ1n) is 7.25. The van der Waals surface area contributed by atoms with Crippen LogP contribution in [0.15, 0.2) is 40.2 Å². The van der Waals surface area contributed by atoms with E-state index in [9.17, 15) is 0 Å². The van der Waals surface area contributed by atoms with Crippen molar-refractivity contribution in [2.75, 3.05) is 6.54 Å². The van der Waals surface area contributed by atoms with Crippen LogP contribution in [0.25, 0.3) is 0 Å². The molecule has 0 fully saturated rings. The number of nitrogens with one attached hydrogen (secondary N) is 1. The molecule has 0 aliphatic carbocycles. The van der Waals surface area contributed by atoms with Crippen molar-refractivity contribution in [1.29, 1.82) is 0 Å². The Morgan fingerprint density at radius 3 is 2.38 bits per heavy atom. The zero-order valence-electron chi connectivity index (χ0n) is 12.4. The van der Waals surface area contributed by atoms with Crippen molar-refractivity contribution in [3.8, 4) is 0 Å². The van der Waals surface area contributed by atoms with Crippen molar-refractivity contribution in [2.45, 2.75) is 32.7 Å². The van der Waals surface area contributed by atoms with E-state index in [0.29, 0.717) is 12.0 Å². The van der Waals surface area contributed by atoms with Crippen LogP contribution in [0.1, 0.15) is 24.3 Å². The van der Waals surface area contributed by atoms with Crippen molar-refractivity contribution in [3.63, 3.8) is 0 Å². The molecule has 1 unspecified atom stereocenters. The van der Waals surface area contributed by atoms with Crippen molar-refractivity contribution >= 4 is 38.9 Å². The molecular formula is C17H21BrClNS. The summed E-state index contributed by atoms with van der Waals surface area (Å²) in [5.74, 6) is 0.596. The molecule has 0 bridgehead atoms. The van der Waals surface area contributed by atoms with Gasteiger partial charge < -0.3 is 5.32 Å². The van der Waals surface area contributed by atoms with Crippen molar-refractivity contribution in [3.05, 3.63) is 55.6 Å². The lowest BCUT2D eigenvalue weighted by atomic mass is 9.95. The third-order valence-electron chi connectivity index (χ3n) is 3.37. The molecule has 4 heteroatoms. The summed E-state index contributed by atoms with van der Waals surface area (Å²) in [6, 6.07) is 13.1. The van der Waals surface area contributed by atoms with E-state index in [-0.39, 0.29) is 0 Å². The quantitative estimate of drug-likeness (QED) is 0.656. The number of thiophene rings is 1. The Hall–Kier alpha value is -0.350. The number of rotatable bonds is 7. The summed E-state index contributed by atoms with van der Waals surface area (Å²) in [6.45, 7) is 5.43. The Balaban J connectivity index is 2.02. The maximum absolute atomic E-state index is 5.97. The predicted octanol–water partition coefficient (Wildman–Crippen LogP) is 5.56. The zero-order valence-corrected chi connectivity index (χ0v) is 15.6. The van der Waals surface area contributed by atoms with Gasteiger partial charge in [-0.2, -0.15) is 0 Å². The van der Waals surface area contributed by atoms with E-state index < -0.39 is 0 Å². The normalized spacial score (nSPS) is 12.8. The van der Waals surface area contributed by atoms with Crippen LogP contribution in [0.4, 0.5) is 0 Å². The van der Waals surface area contributed by atoms with E-state index in [4.69, 9.17) is 11.6 Å². The fraction of sp³-hybridized carbons (Fsp3) is 0.412. The van der Waals surface area contributed by atoms with Gasteiger partial charge in [-0.3, -0.25) is 0 Å². The molecule has 1 aromatic carbocycles. The minimum atomic E-state index is 0.521. The van der Waals surface area contributed by atoms with Crippen LogP contribution in [0.3, 0.4) is 0 Å². The molecule has 1 N–H and O–H groups in total. The summed E-state index contributed by atoms with van der Waals surface area (Å²) < 4.78 is 1.21. The lowest BCUT2D eigenvalue weighted by Crippen LogP contribution is -2.30. The topological polar surface area (TPSA) is 12.0 Å². The van der Waals surface area contributed by atoms with E-state index >= 15 is 0 Å². The smallest absolute Gasteiger partial charge is 0.0701 e. The van der Waals surface area contributed by atoms with Gasteiger partial charge in [0.1, 0.15) is 0 Å². The molecule has 1 aromatic heterocycles. The largest absolute Gasteiger partial charge is 0.314 e. The number of hydrogen-bond donors (Lipinski definition) is 1. The molecule has 0 saturated heterocycles. The van der Waals surface area contributed by atoms with Crippen LogP contribution >= 0.6 is 38.9 Å². The van der Waals surface area contributed by atoms with Gasteiger partial charge in [0.2, 0.25) is 0 Å². The van der Waals surface area contributed by atoms with Gasteiger partial charge >= 0.3 is 0 Å². The number of halogens is 2. The van der Waals surface area contributed by atoms with Crippen LogP contribution in [-0.2, 0) is 12.8 Å². The van der Waals surface area contributed by atoms with Crippen LogP contribution in [-0.4, -0.2) is 12.6 Å². The molecule has 2 rings (SSSR count). The average molecular weight is 387 g/mol. The average Bonchev–Trinajstić information content (AvgIpc) is 2.84. The molecule has 0 saturated carbocycles. The molecule has 1 atom stereocenters. The molecule has 0 aliphatic heterocycles. The monoisotopic (exact) mass is 385 g/mol. The van der Waals surface area contributed by atoms with Crippen LogP contribution in [0.5, 0.6) is 0 Å². The molecular weight excluding hydrogens is 366 g/mol. The predicted molar refractivity (Wildman–Crippen MR) is 97.5 cm³/mol. The highest BCUT2D eigenvalue weighted by Gasteiger charge is 2.13. The lowest BCUT2D eigenvalue weighted by Gasteiger charge is -2.19. The molecule has 2 aromatic rings. The number of benzene rings is 1. The summed E-state index contributed by atoms with van der Waals surface area (Å²) in [6.07, 6.45) is 2.19. The molecule has 1 heterocycles. The Bertz CT molecular complexity index is 550. The van der Waals surface area contributed by atoms with E-state index in [1.54, 1.807) is 0 Å². The molecule has 0 spiro atoms. The van der Waals surface area contributed by atoms with Gasteiger partial charge in [0.15, 0.2) is 0 Å². The summed E-state index contributed by atoms with van der Waals surface area (Å²) in [5.41, 5.74) is 1.35. The molecule has 0 amide bonds. The lowest BCUT2D eigenvalue weighted by molar-refractivity contribution is 0.446. The second kappa shape index (κ2) is 8.33. The van der Waals surface area contributed by atoms with Crippen molar-refractivity contribution in [2.24, 2.45) is 5.92 Å². The van der Waals surface area contributed by atoms with E-state index in [1.165, 1.54) is 14.2 Å². The van der Waals surface area contributed by atoms with Gasteiger partial charge in [-0.25, -0.2) is 0 Å². The molecule has 21 heavy (non-hydrogen) atoms. The second-order valence-corrected chi connectivity index (χ2v) is 8.65. The highest BCUT2D eigenvalue weighted by atomic mass is 79.9. The van der Waals surface area contributed by atoms with Gasteiger partial charge in [-0.1, -0.05) is 37.6 Å². The Kier molecular flexibility index (Phi) is 6.74. The first-order valence-corrected chi connectivity index (χ1v) is 9.23. The first-order chi connectivity index (χ1) is 10.0. The van der Waals surface area contributed by atoms with Gasteiger partial charge in [-0.15, -0.1) is 11.3 Å². The van der Waals surface area contributed by atoms with Crippen LogP contribution in [0, 0.1) is 5.92 Å². The highest BCUT2D eigenvalue weighted by molar-refractivity contribution is 9.11. The molecule has 0 radical (unpaired) electrons. The van der Waals surface area contributed by atoms with E-state index in [1.807, 2.05) is 23.5 Å². The molecule has 114 valence electrons. The third-order valence-corrected chi connectivity index (χ3v) is 5.27. The standard InChI is InChI=1S/C17H21BrClNS/c1-12(2)20-11-14(10-16-7-8-17(18)21-16)9-13-3-5-15(19)6-4-13/h3-8,12,14,20H,9-11H2,1-2H3. The second-order valence-electron chi connectivity index (χ2n) is 5.67. The third kappa shape index (κ3) is 6.11. The van der Waals surface area contributed by atoms with Crippen LogP contribution < -0.4 is 5.32 Å². The highest BCUT2D eigenvalue weighted by Crippen LogP contribution is 2.25. The fourth-order valence-electron chi connectivity index (χ4n) is 2.32. The maximum atomic E-state index is 5.97. The maximum Gasteiger partial charge on any atom is 0.0701 e. The van der Waals surface area contributed by atoms with Gasteiger partial charge in [0.05, 0.1) is 3.79 Å². The Morgan fingerprint density at radius 2 is 1.81 bits per heavy atom. The van der Waals surface area contributed by atoms with E-state index in [0.717, 1.165) is 24.4 Å². The fourth-order valence-corrected chi connectivity index (χ4v) is 4.04.